The van der Waals surface area contributed by atoms with Crippen molar-refractivity contribution >= 4 is 11.7 Å². The number of nitrogens with zero attached hydrogens (tertiary/aromatic N) is 1. The van der Waals surface area contributed by atoms with Crippen LogP contribution in [-0.4, -0.2) is 37.7 Å². The minimum absolute atomic E-state index is 0.124. The Morgan fingerprint density at radius 2 is 1.92 bits per heavy atom. The van der Waals surface area contributed by atoms with Gasteiger partial charge in [-0.1, -0.05) is 30.3 Å². The molecule has 5 nitrogen and oxygen atoms in total. The van der Waals surface area contributed by atoms with Crippen LogP contribution in [-0.2, 0) is 0 Å². The molecule has 2 aromatic carbocycles. The molecule has 0 aliphatic carbocycles. The standard InChI is InChI=1S/C20H24FN3O2/c1-26-19-13-16(21)9-10-17(19)22-20(25)23-18(14-24-11-5-6-12-24)15-7-3-2-4-8-15/h2-4,7-10,13,18H,5-6,11-12,14H2,1H3,(H2,22,23,25). The molecule has 0 bridgehead atoms. The van der Waals surface area contributed by atoms with E-state index < -0.39 is 5.82 Å². The normalized spacial score (nSPS) is 15.5. The van der Waals surface area contributed by atoms with Crippen LogP contribution in [0.4, 0.5) is 14.9 Å². The molecule has 0 radical (unpaired) electrons. The first-order valence-electron chi connectivity index (χ1n) is 8.84. The van der Waals surface area contributed by atoms with E-state index in [0.717, 1.165) is 25.2 Å². The Balaban J connectivity index is 1.70. The largest absolute Gasteiger partial charge is 0.494 e. The summed E-state index contributed by atoms with van der Waals surface area (Å²) < 4.78 is 18.5. The summed E-state index contributed by atoms with van der Waals surface area (Å²) >= 11 is 0. The molecule has 1 aliphatic rings. The Kier molecular flexibility index (Phi) is 6.07. The summed E-state index contributed by atoms with van der Waals surface area (Å²) in [5, 5.41) is 5.79. The van der Waals surface area contributed by atoms with Gasteiger partial charge in [-0.15, -0.1) is 0 Å². The van der Waals surface area contributed by atoms with Crippen LogP contribution in [0.15, 0.2) is 48.5 Å². The predicted octanol–water partition coefficient (Wildman–Crippen LogP) is 3.79. The lowest BCUT2D eigenvalue weighted by Crippen LogP contribution is -2.39. The van der Waals surface area contributed by atoms with Gasteiger partial charge in [-0.25, -0.2) is 9.18 Å². The molecule has 26 heavy (non-hydrogen) atoms. The van der Waals surface area contributed by atoms with Crippen molar-refractivity contribution in [3.8, 4) is 5.75 Å². The monoisotopic (exact) mass is 357 g/mol. The molecular formula is C20H24FN3O2. The van der Waals surface area contributed by atoms with Crippen LogP contribution in [0.1, 0.15) is 24.4 Å². The zero-order valence-electron chi connectivity index (χ0n) is 14.9. The summed E-state index contributed by atoms with van der Waals surface area (Å²) in [7, 11) is 1.44. The van der Waals surface area contributed by atoms with E-state index in [1.54, 1.807) is 0 Å². The molecule has 2 aromatic rings. The molecule has 1 aliphatic heterocycles. The summed E-state index contributed by atoms with van der Waals surface area (Å²) in [5.74, 6) is -0.125. The summed E-state index contributed by atoms with van der Waals surface area (Å²) in [6, 6.07) is 13.5. The zero-order valence-corrected chi connectivity index (χ0v) is 14.9. The van der Waals surface area contributed by atoms with Crippen molar-refractivity contribution in [3.05, 3.63) is 59.9 Å². The fourth-order valence-corrected chi connectivity index (χ4v) is 3.23. The molecule has 138 valence electrons. The minimum Gasteiger partial charge on any atom is -0.494 e. The van der Waals surface area contributed by atoms with Crippen molar-refractivity contribution in [1.29, 1.82) is 0 Å². The van der Waals surface area contributed by atoms with Gasteiger partial charge in [0.15, 0.2) is 0 Å². The Bertz CT molecular complexity index is 733. The summed E-state index contributed by atoms with van der Waals surface area (Å²) in [4.78, 5) is 14.9. The van der Waals surface area contributed by atoms with Gasteiger partial charge in [0.2, 0.25) is 0 Å². The zero-order chi connectivity index (χ0) is 18.4. The number of methoxy groups -OCH3 is 1. The van der Waals surface area contributed by atoms with Crippen LogP contribution in [0.25, 0.3) is 0 Å². The molecular weight excluding hydrogens is 333 g/mol. The lowest BCUT2D eigenvalue weighted by molar-refractivity contribution is 0.240. The number of rotatable bonds is 6. The molecule has 2 amide bonds. The number of likely N-dealkylation sites (tertiary alicyclic amines) is 1. The van der Waals surface area contributed by atoms with E-state index in [2.05, 4.69) is 15.5 Å². The maximum absolute atomic E-state index is 13.3. The number of nitrogens with one attached hydrogen (secondary N) is 2. The number of hydrogen-bond acceptors (Lipinski definition) is 3. The third-order valence-corrected chi connectivity index (χ3v) is 4.56. The molecule has 0 spiro atoms. The summed E-state index contributed by atoms with van der Waals surface area (Å²) in [6.45, 7) is 2.87. The fraction of sp³-hybridized carbons (Fsp3) is 0.350. The summed E-state index contributed by atoms with van der Waals surface area (Å²) in [5.41, 5.74) is 1.49. The van der Waals surface area contributed by atoms with Gasteiger partial charge in [0.1, 0.15) is 11.6 Å². The van der Waals surface area contributed by atoms with E-state index in [1.165, 1.54) is 38.2 Å². The lowest BCUT2D eigenvalue weighted by atomic mass is 10.1. The third kappa shape index (κ3) is 4.73. The van der Waals surface area contributed by atoms with Crippen molar-refractivity contribution in [3.63, 3.8) is 0 Å². The number of benzene rings is 2. The van der Waals surface area contributed by atoms with E-state index in [9.17, 15) is 9.18 Å². The number of hydrogen-bond donors (Lipinski definition) is 2. The van der Waals surface area contributed by atoms with Crippen LogP contribution >= 0.6 is 0 Å². The highest BCUT2D eigenvalue weighted by Gasteiger charge is 2.21. The van der Waals surface area contributed by atoms with Crippen molar-refractivity contribution in [2.45, 2.75) is 18.9 Å². The van der Waals surface area contributed by atoms with Crippen LogP contribution in [0.5, 0.6) is 5.75 Å². The second-order valence-electron chi connectivity index (χ2n) is 6.41. The van der Waals surface area contributed by atoms with Gasteiger partial charge in [-0.05, 0) is 43.6 Å². The average molecular weight is 357 g/mol. The molecule has 2 N–H and O–H groups in total. The molecule has 3 rings (SSSR count). The molecule has 0 aromatic heterocycles. The van der Waals surface area contributed by atoms with E-state index in [-0.39, 0.29) is 17.8 Å². The number of carbonyl (C=O) groups is 1. The highest BCUT2D eigenvalue weighted by molar-refractivity contribution is 5.91. The topological polar surface area (TPSA) is 53.6 Å². The van der Waals surface area contributed by atoms with Crippen molar-refractivity contribution < 1.29 is 13.9 Å². The number of urea groups is 1. The number of halogens is 1. The fourth-order valence-electron chi connectivity index (χ4n) is 3.23. The van der Waals surface area contributed by atoms with Gasteiger partial charge in [0.25, 0.3) is 0 Å². The average Bonchev–Trinajstić information content (AvgIpc) is 3.16. The van der Waals surface area contributed by atoms with Gasteiger partial charge in [0.05, 0.1) is 18.8 Å². The highest BCUT2D eigenvalue weighted by Crippen LogP contribution is 2.25. The third-order valence-electron chi connectivity index (χ3n) is 4.56. The quantitative estimate of drug-likeness (QED) is 0.827. The SMILES string of the molecule is COc1cc(F)ccc1NC(=O)NC(CN1CCCC1)c1ccccc1. The molecule has 1 atom stereocenters. The molecule has 1 unspecified atom stereocenters. The maximum Gasteiger partial charge on any atom is 0.319 e. The number of carbonyl (C=O) groups excluding carboxylic acids is 1. The Hall–Kier alpha value is -2.60. The molecule has 1 saturated heterocycles. The van der Waals surface area contributed by atoms with Gasteiger partial charge in [-0.2, -0.15) is 0 Å². The predicted molar refractivity (Wildman–Crippen MR) is 100.0 cm³/mol. The van der Waals surface area contributed by atoms with E-state index in [4.69, 9.17) is 4.74 Å². The van der Waals surface area contributed by atoms with E-state index in [0.29, 0.717) is 5.69 Å². The first-order chi connectivity index (χ1) is 12.7. The Morgan fingerprint density at radius 3 is 2.62 bits per heavy atom. The second-order valence-corrected chi connectivity index (χ2v) is 6.41. The Morgan fingerprint density at radius 1 is 1.19 bits per heavy atom. The molecule has 0 saturated carbocycles. The lowest BCUT2D eigenvalue weighted by Gasteiger charge is -2.25. The maximum atomic E-state index is 13.3. The molecule has 1 heterocycles. The van der Waals surface area contributed by atoms with Crippen molar-refractivity contribution in [1.82, 2.24) is 10.2 Å². The van der Waals surface area contributed by atoms with Crippen LogP contribution in [0, 0.1) is 5.82 Å². The van der Waals surface area contributed by atoms with Crippen molar-refractivity contribution in [2.75, 3.05) is 32.1 Å². The first kappa shape index (κ1) is 18.2. The van der Waals surface area contributed by atoms with Crippen LogP contribution in [0.3, 0.4) is 0 Å². The minimum atomic E-state index is -0.413. The van der Waals surface area contributed by atoms with Gasteiger partial charge in [-0.3, -0.25) is 0 Å². The summed E-state index contributed by atoms with van der Waals surface area (Å²) in [6.07, 6.45) is 2.39. The number of amides is 2. The smallest absolute Gasteiger partial charge is 0.319 e. The van der Waals surface area contributed by atoms with Crippen molar-refractivity contribution in [2.24, 2.45) is 0 Å². The van der Waals surface area contributed by atoms with E-state index in [1.807, 2.05) is 30.3 Å². The molecule has 1 fully saturated rings. The van der Waals surface area contributed by atoms with Gasteiger partial charge < -0.3 is 20.3 Å². The van der Waals surface area contributed by atoms with E-state index >= 15 is 0 Å². The van der Waals surface area contributed by atoms with Gasteiger partial charge >= 0.3 is 6.03 Å². The number of ether oxygens (including phenoxy) is 1. The number of anilines is 1. The van der Waals surface area contributed by atoms with Crippen LogP contribution in [0.2, 0.25) is 0 Å². The highest BCUT2D eigenvalue weighted by atomic mass is 19.1. The van der Waals surface area contributed by atoms with Gasteiger partial charge in [0, 0.05) is 12.6 Å². The molecule has 6 heteroatoms. The first-order valence-corrected chi connectivity index (χ1v) is 8.84. The second kappa shape index (κ2) is 8.67. The van der Waals surface area contributed by atoms with Crippen LogP contribution < -0.4 is 15.4 Å². The Labute approximate surface area is 153 Å².